The number of Topliss-reactive ketones (excluding diaryl/α,β-unsaturated/α-hetero) is 1. The van der Waals surface area contributed by atoms with Crippen molar-refractivity contribution in [3.05, 3.63) is 0 Å². The minimum atomic E-state index is 0.140. The van der Waals surface area contributed by atoms with Crippen LogP contribution in [0.4, 0.5) is 0 Å². The highest BCUT2D eigenvalue weighted by Crippen LogP contribution is 2.30. The smallest absolute Gasteiger partial charge is 0.136 e. The highest BCUT2D eigenvalue weighted by Gasteiger charge is 2.28. The predicted octanol–water partition coefficient (Wildman–Crippen LogP) is 3.43. The van der Waals surface area contributed by atoms with E-state index < -0.39 is 0 Å². The first-order valence-corrected chi connectivity index (χ1v) is 4.96. The summed E-state index contributed by atoms with van der Waals surface area (Å²) in [5, 5.41) is 0. The molecule has 0 aliphatic carbocycles. The molecule has 0 rings (SSSR count). The van der Waals surface area contributed by atoms with Crippen LogP contribution in [0.25, 0.3) is 0 Å². The zero-order chi connectivity index (χ0) is 9.78. The van der Waals surface area contributed by atoms with E-state index in [4.69, 9.17) is 0 Å². The van der Waals surface area contributed by atoms with Gasteiger partial charge in [0.15, 0.2) is 0 Å². The number of rotatable bonds is 4. The summed E-state index contributed by atoms with van der Waals surface area (Å²) < 4.78 is 0. The summed E-state index contributed by atoms with van der Waals surface area (Å²) in [6.45, 7) is 10.6. The molecule has 0 saturated heterocycles. The molecule has 0 spiro atoms. The van der Waals surface area contributed by atoms with Gasteiger partial charge in [-0.2, -0.15) is 0 Å². The second-order valence-electron chi connectivity index (χ2n) is 4.54. The maximum Gasteiger partial charge on any atom is 0.136 e. The lowest BCUT2D eigenvalue weighted by Crippen LogP contribution is -2.27. The van der Waals surface area contributed by atoms with Crippen LogP contribution in [0.15, 0.2) is 0 Å². The summed E-state index contributed by atoms with van der Waals surface area (Å²) in [5.74, 6) is 0.685. The van der Waals surface area contributed by atoms with Crippen molar-refractivity contribution in [2.24, 2.45) is 11.3 Å². The van der Waals surface area contributed by atoms with Crippen LogP contribution >= 0.6 is 0 Å². The number of ketones is 1. The summed E-state index contributed by atoms with van der Waals surface area (Å²) in [5.41, 5.74) is 0.140. The van der Waals surface area contributed by atoms with E-state index >= 15 is 0 Å². The van der Waals surface area contributed by atoms with Gasteiger partial charge in [-0.1, -0.05) is 34.6 Å². The van der Waals surface area contributed by atoms with E-state index in [2.05, 4.69) is 34.6 Å². The first-order valence-electron chi connectivity index (χ1n) is 4.96. The Morgan fingerprint density at radius 1 is 1.25 bits per heavy atom. The Morgan fingerprint density at radius 3 is 2.00 bits per heavy atom. The molecule has 1 unspecified atom stereocenters. The highest BCUT2D eigenvalue weighted by molar-refractivity contribution is 5.81. The van der Waals surface area contributed by atoms with Crippen molar-refractivity contribution in [3.63, 3.8) is 0 Å². The molecule has 1 nitrogen and oxygen atoms in total. The Bertz CT molecular complexity index is 142. The maximum atomic E-state index is 11.6. The quantitative estimate of drug-likeness (QED) is 0.631. The predicted molar refractivity (Wildman–Crippen MR) is 53.2 cm³/mol. The topological polar surface area (TPSA) is 17.1 Å². The third-order valence-electron chi connectivity index (χ3n) is 2.34. The van der Waals surface area contributed by atoms with Gasteiger partial charge in [0.25, 0.3) is 0 Å². The molecule has 0 aromatic rings. The van der Waals surface area contributed by atoms with E-state index in [1.807, 2.05) is 0 Å². The molecule has 0 heterocycles. The van der Waals surface area contributed by atoms with Crippen LogP contribution in [0.5, 0.6) is 0 Å². The number of carbonyl (C=O) groups is 1. The molecule has 0 bridgehead atoms. The van der Waals surface area contributed by atoms with Crippen LogP contribution in [0, 0.1) is 11.3 Å². The molecule has 1 atom stereocenters. The van der Waals surface area contributed by atoms with Crippen molar-refractivity contribution in [2.75, 3.05) is 0 Å². The van der Waals surface area contributed by atoms with Gasteiger partial charge in [-0.25, -0.2) is 0 Å². The first-order chi connectivity index (χ1) is 5.43. The number of hydrogen-bond donors (Lipinski definition) is 0. The Labute approximate surface area is 76.6 Å². The van der Waals surface area contributed by atoms with Crippen LogP contribution in [0.1, 0.15) is 53.9 Å². The summed E-state index contributed by atoms with van der Waals surface area (Å²) in [6.07, 6.45) is 2.70. The Morgan fingerprint density at radius 2 is 1.75 bits per heavy atom. The lowest BCUT2D eigenvalue weighted by molar-refractivity contribution is -0.126. The van der Waals surface area contributed by atoms with Crippen LogP contribution in [0.3, 0.4) is 0 Å². The Kier molecular flexibility index (Phi) is 4.51. The second kappa shape index (κ2) is 4.64. The molecule has 0 aliphatic rings. The fourth-order valence-electron chi connectivity index (χ4n) is 1.74. The average Bonchev–Trinajstić information content (AvgIpc) is 1.85. The zero-order valence-electron chi connectivity index (χ0n) is 9.11. The fraction of sp³-hybridized carbons (Fsp3) is 0.909. The SMILES string of the molecule is CCCC(=O)C(CC)C(C)(C)C. The lowest BCUT2D eigenvalue weighted by atomic mass is 9.76. The van der Waals surface area contributed by atoms with E-state index in [1.165, 1.54) is 0 Å². The van der Waals surface area contributed by atoms with Gasteiger partial charge < -0.3 is 0 Å². The van der Waals surface area contributed by atoms with Crippen molar-refractivity contribution in [3.8, 4) is 0 Å². The monoisotopic (exact) mass is 170 g/mol. The third-order valence-corrected chi connectivity index (χ3v) is 2.34. The first kappa shape index (κ1) is 11.7. The molecule has 12 heavy (non-hydrogen) atoms. The number of carbonyl (C=O) groups excluding carboxylic acids is 1. The molecule has 0 N–H and O–H groups in total. The summed E-state index contributed by atoms with van der Waals surface area (Å²) >= 11 is 0. The van der Waals surface area contributed by atoms with Gasteiger partial charge >= 0.3 is 0 Å². The second-order valence-corrected chi connectivity index (χ2v) is 4.54. The minimum Gasteiger partial charge on any atom is -0.299 e. The molecule has 0 fully saturated rings. The molecule has 72 valence electrons. The average molecular weight is 170 g/mol. The molecular formula is C11H22O. The van der Waals surface area contributed by atoms with Gasteiger partial charge in [-0.15, -0.1) is 0 Å². The van der Waals surface area contributed by atoms with Crippen LogP contribution in [0.2, 0.25) is 0 Å². The standard InChI is InChI=1S/C11H22O/c1-6-8-10(12)9(7-2)11(3,4)5/h9H,6-8H2,1-5H3. The number of hydrogen-bond acceptors (Lipinski definition) is 1. The molecular weight excluding hydrogens is 148 g/mol. The van der Waals surface area contributed by atoms with Crippen molar-refractivity contribution in [1.29, 1.82) is 0 Å². The zero-order valence-corrected chi connectivity index (χ0v) is 9.11. The van der Waals surface area contributed by atoms with E-state index in [0.717, 1.165) is 19.3 Å². The van der Waals surface area contributed by atoms with Gasteiger partial charge in [0.2, 0.25) is 0 Å². The maximum absolute atomic E-state index is 11.6. The van der Waals surface area contributed by atoms with Crippen molar-refractivity contribution >= 4 is 5.78 Å². The summed E-state index contributed by atoms with van der Waals surface area (Å²) in [7, 11) is 0. The van der Waals surface area contributed by atoms with E-state index in [9.17, 15) is 4.79 Å². The van der Waals surface area contributed by atoms with Crippen LogP contribution < -0.4 is 0 Å². The summed E-state index contributed by atoms with van der Waals surface area (Å²) in [4.78, 5) is 11.6. The van der Waals surface area contributed by atoms with Crippen LogP contribution in [-0.2, 0) is 4.79 Å². The Balaban J connectivity index is 4.25. The lowest BCUT2D eigenvalue weighted by Gasteiger charge is -2.28. The largest absolute Gasteiger partial charge is 0.299 e. The third kappa shape index (κ3) is 3.38. The Hall–Kier alpha value is -0.330. The minimum absolute atomic E-state index is 0.140. The molecule has 0 aromatic carbocycles. The van der Waals surface area contributed by atoms with Gasteiger partial charge in [-0.05, 0) is 18.3 Å². The van der Waals surface area contributed by atoms with Gasteiger partial charge in [0.1, 0.15) is 5.78 Å². The highest BCUT2D eigenvalue weighted by atomic mass is 16.1. The van der Waals surface area contributed by atoms with E-state index in [-0.39, 0.29) is 11.3 Å². The summed E-state index contributed by atoms with van der Waals surface area (Å²) in [6, 6.07) is 0. The van der Waals surface area contributed by atoms with Crippen molar-refractivity contribution < 1.29 is 4.79 Å². The normalized spacial score (nSPS) is 14.4. The van der Waals surface area contributed by atoms with Crippen LogP contribution in [-0.4, -0.2) is 5.78 Å². The van der Waals surface area contributed by atoms with Gasteiger partial charge in [-0.3, -0.25) is 4.79 Å². The van der Waals surface area contributed by atoms with Crippen molar-refractivity contribution in [2.45, 2.75) is 53.9 Å². The van der Waals surface area contributed by atoms with Crippen molar-refractivity contribution in [1.82, 2.24) is 0 Å². The van der Waals surface area contributed by atoms with Gasteiger partial charge in [0.05, 0.1) is 0 Å². The molecule has 0 aliphatic heterocycles. The molecule has 1 heteroatoms. The van der Waals surface area contributed by atoms with E-state index in [1.54, 1.807) is 0 Å². The molecule has 0 saturated carbocycles. The molecule has 0 radical (unpaired) electrons. The molecule has 0 aromatic heterocycles. The van der Waals surface area contributed by atoms with Gasteiger partial charge in [0, 0.05) is 12.3 Å². The fourth-order valence-corrected chi connectivity index (χ4v) is 1.74. The van der Waals surface area contributed by atoms with E-state index in [0.29, 0.717) is 5.78 Å². The molecule has 0 amide bonds.